The Morgan fingerprint density at radius 3 is 2.64 bits per heavy atom. The van der Waals surface area contributed by atoms with Crippen LogP contribution < -0.4 is 20.1 Å². The van der Waals surface area contributed by atoms with Gasteiger partial charge < -0.3 is 25.0 Å². The van der Waals surface area contributed by atoms with Gasteiger partial charge in [-0.05, 0) is 45.0 Å². The zero-order valence-electron chi connectivity index (χ0n) is 15.6. The summed E-state index contributed by atoms with van der Waals surface area (Å²) >= 11 is 0. The molecule has 1 amide bonds. The normalized spacial score (nSPS) is 16.3. The van der Waals surface area contributed by atoms with Crippen LogP contribution in [-0.2, 0) is 4.79 Å². The molecule has 2 N–H and O–H groups in total. The average molecular weight is 349 g/mol. The number of nitrogens with zero attached hydrogens (tertiary/aromatic N) is 1. The van der Waals surface area contributed by atoms with E-state index < -0.39 is 0 Å². The van der Waals surface area contributed by atoms with Crippen LogP contribution >= 0.6 is 0 Å². The molecule has 1 heterocycles. The molecule has 1 unspecified atom stereocenters. The van der Waals surface area contributed by atoms with Gasteiger partial charge in [-0.25, -0.2) is 0 Å². The minimum atomic E-state index is -0.0375. The summed E-state index contributed by atoms with van der Waals surface area (Å²) in [5.74, 6) is 1.27. The van der Waals surface area contributed by atoms with Crippen molar-refractivity contribution in [3.63, 3.8) is 0 Å². The van der Waals surface area contributed by atoms with Gasteiger partial charge in [0, 0.05) is 31.6 Å². The highest BCUT2D eigenvalue weighted by Crippen LogP contribution is 2.28. The number of hydrogen-bond acceptors (Lipinski definition) is 5. The molecule has 6 heteroatoms. The molecule has 1 aliphatic rings. The minimum Gasteiger partial charge on any atom is -0.497 e. The van der Waals surface area contributed by atoms with E-state index in [2.05, 4.69) is 15.5 Å². The van der Waals surface area contributed by atoms with Crippen molar-refractivity contribution in [3.8, 4) is 11.5 Å². The SMILES string of the molecule is COc1ccc(OC)c(NC(=O)CC(C)NCCN2CCCCC2)c1. The highest BCUT2D eigenvalue weighted by Gasteiger charge is 2.13. The molecule has 2 rings (SSSR count). The molecular weight excluding hydrogens is 318 g/mol. The number of benzene rings is 1. The van der Waals surface area contributed by atoms with Gasteiger partial charge in [0.1, 0.15) is 11.5 Å². The lowest BCUT2D eigenvalue weighted by molar-refractivity contribution is -0.116. The van der Waals surface area contributed by atoms with E-state index in [0.717, 1.165) is 13.1 Å². The Kier molecular flexibility index (Phi) is 8.01. The van der Waals surface area contributed by atoms with Gasteiger partial charge in [-0.1, -0.05) is 6.42 Å². The molecule has 6 nitrogen and oxygen atoms in total. The number of rotatable bonds is 9. The summed E-state index contributed by atoms with van der Waals surface area (Å²) in [5.41, 5.74) is 0.632. The summed E-state index contributed by atoms with van der Waals surface area (Å²) in [7, 11) is 3.18. The average Bonchev–Trinajstić information content (AvgIpc) is 2.62. The smallest absolute Gasteiger partial charge is 0.226 e. The maximum absolute atomic E-state index is 12.3. The third-order valence-electron chi connectivity index (χ3n) is 4.54. The molecular formula is C19H31N3O3. The highest BCUT2D eigenvalue weighted by atomic mass is 16.5. The lowest BCUT2D eigenvalue weighted by atomic mass is 10.1. The third kappa shape index (κ3) is 6.55. The third-order valence-corrected chi connectivity index (χ3v) is 4.54. The van der Waals surface area contributed by atoms with Crippen LogP contribution in [0.5, 0.6) is 11.5 Å². The van der Waals surface area contributed by atoms with E-state index in [-0.39, 0.29) is 11.9 Å². The van der Waals surface area contributed by atoms with Crippen LogP contribution in [-0.4, -0.2) is 57.2 Å². The van der Waals surface area contributed by atoms with Crippen molar-refractivity contribution in [1.82, 2.24) is 10.2 Å². The number of likely N-dealkylation sites (tertiary alicyclic amines) is 1. The van der Waals surface area contributed by atoms with Crippen LogP contribution in [0.1, 0.15) is 32.6 Å². The van der Waals surface area contributed by atoms with Gasteiger partial charge in [0.05, 0.1) is 19.9 Å². The molecule has 1 aromatic carbocycles. The Labute approximate surface area is 150 Å². The van der Waals surface area contributed by atoms with Crippen LogP contribution in [0, 0.1) is 0 Å². The zero-order valence-corrected chi connectivity index (χ0v) is 15.6. The van der Waals surface area contributed by atoms with Gasteiger partial charge in [0.15, 0.2) is 0 Å². The molecule has 0 aromatic heterocycles. The number of nitrogens with one attached hydrogen (secondary N) is 2. The lowest BCUT2D eigenvalue weighted by Crippen LogP contribution is -2.39. The first kappa shape index (κ1) is 19.5. The molecule has 25 heavy (non-hydrogen) atoms. The number of hydrogen-bond donors (Lipinski definition) is 2. The molecule has 0 aliphatic carbocycles. The van der Waals surface area contributed by atoms with Crippen molar-refractivity contribution in [2.45, 2.75) is 38.6 Å². The minimum absolute atomic E-state index is 0.0375. The van der Waals surface area contributed by atoms with Crippen LogP contribution in [0.15, 0.2) is 18.2 Å². The molecule has 0 spiro atoms. The van der Waals surface area contributed by atoms with Crippen molar-refractivity contribution in [3.05, 3.63) is 18.2 Å². The maximum Gasteiger partial charge on any atom is 0.226 e. The van der Waals surface area contributed by atoms with Crippen molar-refractivity contribution in [2.24, 2.45) is 0 Å². The molecule has 0 bridgehead atoms. The molecule has 0 radical (unpaired) electrons. The Morgan fingerprint density at radius 1 is 1.20 bits per heavy atom. The van der Waals surface area contributed by atoms with Crippen molar-refractivity contribution in [1.29, 1.82) is 0 Å². The van der Waals surface area contributed by atoms with Gasteiger partial charge >= 0.3 is 0 Å². The predicted molar refractivity (Wildman–Crippen MR) is 101 cm³/mol. The Morgan fingerprint density at radius 2 is 1.96 bits per heavy atom. The first-order chi connectivity index (χ1) is 12.1. The highest BCUT2D eigenvalue weighted by molar-refractivity contribution is 5.92. The van der Waals surface area contributed by atoms with Crippen LogP contribution in [0.3, 0.4) is 0 Å². The summed E-state index contributed by atoms with van der Waals surface area (Å²) < 4.78 is 10.5. The molecule has 1 fully saturated rings. The molecule has 1 aliphatic heterocycles. The molecule has 1 atom stereocenters. The standard InChI is InChI=1S/C19H31N3O3/c1-15(20-9-12-22-10-5-4-6-11-22)13-19(23)21-17-14-16(24-2)7-8-18(17)25-3/h7-8,14-15,20H,4-6,9-13H2,1-3H3,(H,21,23). The number of ether oxygens (including phenoxy) is 2. The first-order valence-corrected chi connectivity index (χ1v) is 9.10. The Bertz CT molecular complexity index is 545. The zero-order chi connectivity index (χ0) is 18.1. The molecule has 1 aromatic rings. The summed E-state index contributed by atoms with van der Waals surface area (Å²) in [6, 6.07) is 5.49. The van der Waals surface area contributed by atoms with E-state index in [1.165, 1.54) is 32.4 Å². The number of methoxy groups -OCH3 is 2. The van der Waals surface area contributed by atoms with Crippen molar-refractivity contribution in [2.75, 3.05) is 45.7 Å². The van der Waals surface area contributed by atoms with Crippen molar-refractivity contribution >= 4 is 11.6 Å². The Hall–Kier alpha value is -1.79. The van der Waals surface area contributed by atoms with Gasteiger partial charge in [0.25, 0.3) is 0 Å². The first-order valence-electron chi connectivity index (χ1n) is 9.10. The van der Waals surface area contributed by atoms with E-state index >= 15 is 0 Å². The Balaban J connectivity index is 1.75. The second kappa shape index (κ2) is 10.3. The van der Waals surface area contributed by atoms with Gasteiger partial charge in [-0.3, -0.25) is 4.79 Å². The largest absolute Gasteiger partial charge is 0.497 e. The summed E-state index contributed by atoms with van der Waals surface area (Å²) in [5, 5.41) is 6.35. The fourth-order valence-electron chi connectivity index (χ4n) is 3.12. The number of piperidine rings is 1. The number of amides is 1. The number of carbonyl (C=O) groups is 1. The number of anilines is 1. The molecule has 1 saturated heterocycles. The van der Waals surface area contributed by atoms with E-state index in [1.807, 2.05) is 6.92 Å². The topological polar surface area (TPSA) is 62.8 Å². The predicted octanol–water partition coefficient (Wildman–Crippen LogP) is 2.50. The van der Waals surface area contributed by atoms with Crippen LogP contribution in [0.25, 0.3) is 0 Å². The lowest BCUT2D eigenvalue weighted by Gasteiger charge is -2.27. The second-order valence-corrected chi connectivity index (χ2v) is 6.58. The van der Waals surface area contributed by atoms with Gasteiger partial charge in [-0.15, -0.1) is 0 Å². The monoisotopic (exact) mass is 349 g/mol. The van der Waals surface area contributed by atoms with Crippen LogP contribution in [0.4, 0.5) is 5.69 Å². The van der Waals surface area contributed by atoms with E-state index in [9.17, 15) is 4.79 Å². The van der Waals surface area contributed by atoms with E-state index in [4.69, 9.17) is 9.47 Å². The summed E-state index contributed by atoms with van der Waals surface area (Å²) in [6.07, 6.45) is 4.38. The fraction of sp³-hybridized carbons (Fsp3) is 0.632. The van der Waals surface area contributed by atoms with E-state index in [1.54, 1.807) is 32.4 Å². The number of carbonyl (C=O) groups excluding carboxylic acids is 1. The summed E-state index contributed by atoms with van der Waals surface area (Å²) in [6.45, 7) is 6.41. The quantitative estimate of drug-likeness (QED) is 0.717. The summed E-state index contributed by atoms with van der Waals surface area (Å²) in [4.78, 5) is 14.8. The van der Waals surface area contributed by atoms with Crippen molar-refractivity contribution < 1.29 is 14.3 Å². The second-order valence-electron chi connectivity index (χ2n) is 6.58. The molecule has 140 valence electrons. The van der Waals surface area contributed by atoms with Gasteiger partial charge in [0.2, 0.25) is 5.91 Å². The van der Waals surface area contributed by atoms with E-state index in [0.29, 0.717) is 23.6 Å². The van der Waals surface area contributed by atoms with Crippen LogP contribution in [0.2, 0.25) is 0 Å². The maximum atomic E-state index is 12.3. The molecule has 0 saturated carbocycles. The fourth-order valence-corrected chi connectivity index (χ4v) is 3.12. The van der Waals surface area contributed by atoms with Gasteiger partial charge in [-0.2, -0.15) is 0 Å².